The van der Waals surface area contributed by atoms with E-state index in [1.807, 2.05) is 18.2 Å². The van der Waals surface area contributed by atoms with Crippen LogP contribution >= 0.6 is 0 Å². The minimum Gasteiger partial charge on any atom is -0.339 e. The van der Waals surface area contributed by atoms with Crippen LogP contribution in [0, 0.1) is 5.41 Å². The average Bonchev–Trinajstić information content (AvgIpc) is 2.62. The lowest BCUT2D eigenvalue weighted by Gasteiger charge is -2.26. The Morgan fingerprint density at radius 1 is 1.18 bits per heavy atom. The van der Waals surface area contributed by atoms with Crippen LogP contribution in [0.2, 0.25) is 0 Å². The largest absolute Gasteiger partial charge is 0.339 e. The Bertz CT molecular complexity index is 394. The summed E-state index contributed by atoms with van der Waals surface area (Å²) in [4.78, 5) is 11.9. The summed E-state index contributed by atoms with van der Waals surface area (Å²) in [6.07, 6.45) is 0.808. The van der Waals surface area contributed by atoms with E-state index in [1.165, 1.54) is 5.56 Å². The zero-order chi connectivity index (χ0) is 12.5. The molecule has 3 heteroatoms. The first-order chi connectivity index (χ1) is 7.97. The molecule has 2 rings (SSSR count). The topological polar surface area (TPSA) is 41.1 Å². The van der Waals surface area contributed by atoms with Gasteiger partial charge in [-0.1, -0.05) is 51.1 Å². The van der Waals surface area contributed by atoms with Gasteiger partial charge in [0.2, 0.25) is 5.91 Å². The first-order valence-corrected chi connectivity index (χ1v) is 6.07. The molecule has 92 valence electrons. The monoisotopic (exact) mass is 232 g/mol. The van der Waals surface area contributed by atoms with Crippen LogP contribution in [0.1, 0.15) is 26.3 Å². The van der Waals surface area contributed by atoms with E-state index < -0.39 is 0 Å². The highest BCUT2D eigenvalue weighted by Gasteiger charge is 2.37. The lowest BCUT2D eigenvalue weighted by atomic mass is 9.93. The minimum absolute atomic E-state index is 0.0428. The summed E-state index contributed by atoms with van der Waals surface area (Å²) in [5, 5.41) is 6.38. The van der Waals surface area contributed by atoms with Gasteiger partial charge in [-0.05, 0) is 17.4 Å². The maximum atomic E-state index is 11.9. The van der Waals surface area contributed by atoms with Crippen molar-refractivity contribution in [1.82, 2.24) is 10.6 Å². The van der Waals surface area contributed by atoms with Crippen LogP contribution in [-0.2, 0) is 11.2 Å². The molecule has 1 heterocycles. The van der Waals surface area contributed by atoms with E-state index in [0.717, 1.165) is 6.42 Å². The predicted octanol–water partition coefficient (Wildman–Crippen LogP) is 1.69. The van der Waals surface area contributed by atoms with E-state index in [2.05, 4.69) is 43.5 Å². The number of amides is 1. The predicted molar refractivity (Wildman–Crippen MR) is 68.5 cm³/mol. The molecule has 0 aliphatic carbocycles. The second-order valence-electron chi connectivity index (χ2n) is 5.72. The molecule has 0 unspecified atom stereocenters. The van der Waals surface area contributed by atoms with E-state index >= 15 is 0 Å². The Morgan fingerprint density at radius 2 is 1.82 bits per heavy atom. The number of rotatable bonds is 2. The van der Waals surface area contributed by atoms with Gasteiger partial charge >= 0.3 is 0 Å². The molecule has 2 N–H and O–H groups in total. The number of nitrogens with one attached hydrogen (secondary N) is 2. The Morgan fingerprint density at radius 3 is 2.35 bits per heavy atom. The van der Waals surface area contributed by atoms with E-state index in [0.29, 0.717) is 0 Å². The van der Waals surface area contributed by atoms with Gasteiger partial charge < -0.3 is 5.32 Å². The highest BCUT2D eigenvalue weighted by Crippen LogP contribution is 2.21. The quantitative estimate of drug-likeness (QED) is 0.814. The summed E-state index contributed by atoms with van der Waals surface area (Å²) in [7, 11) is 0. The van der Waals surface area contributed by atoms with E-state index in [-0.39, 0.29) is 23.5 Å². The highest BCUT2D eigenvalue weighted by atomic mass is 16.2. The molecule has 1 aliphatic rings. The molecule has 3 nitrogen and oxygen atoms in total. The normalized spacial score (nSPS) is 24.8. The third-order valence-corrected chi connectivity index (χ3v) is 3.12. The van der Waals surface area contributed by atoms with Crippen molar-refractivity contribution in [3.8, 4) is 0 Å². The van der Waals surface area contributed by atoms with Crippen molar-refractivity contribution in [3.63, 3.8) is 0 Å². The Balaban J connectivity index is 2.02. The summed E-state index contributed by atoms with van der Waals surface area (Å²) in [6.45, 7) is 6.36. The van der Waals surface area contributed by atoms with Gasteiger partial charge in [0, 0.05) is 0 Å². The number of carbonyl (C=O) groups is 1. The fourth-order valence-electron chi connectivity index (χ4n) is 2.03. The van der Waals surface area contributed by atoms with Gasteiger partial charge in [-0.3, -0.25) is 10.1 Å². The summed E-state index contributed by atoms with van der Waals surface area (Å²) in [5.74, 6) is 0.105. The van der Waals surface area contributed by atoms with Crippen molar-refractivity contribution in [2.45, 2.75) is 39.4 Å². The number of hydrogen-bond donors (Lipinski definition) is 2. The van der Waals surface area contributed by atoms with Gasteiger partial charge in [0.15, 0.2) is 0 Å². The maximum absolute atomic E-state index is 11.9. The third-order valence-electron chi connectivity index (χ3n) is 3.12. The maximum Gasteiger partial charge on any atom is 0.238 e. The van der Waals surface area contributed by atoms with Crippen LogP contribution in [0.3, 0.4) is 0 Å². The van der Waals surface area contributed by atoms with Gasteiger partial charge in [-0.2, -0.15) is 0 Å². The van der Waals surface area contributed by atoms with Gasteiger partial charge in [0.25, 0.3) is 0 Å². The Hall–Kier alpha value is -1.35. The van der Waals surface area contributed by atoms with Crippen LogP contribution in [0.15, 0.2) is 30.3 Å². The van der Waals surface area contributed by atoms with Crippen molar-refractivity contribution < 1.29 is 4.79 Å². The Labute approximate surface area is 103 Å². The second kappa shape index (κ2) is 4.49. The smallest absolute Gasteiger partial charge is 0.238 e. The molecule has 0 aromatic heterocycles. The van der Waals surface area contributed by atoms with E-state index in [4.69, 9.17) is 0 Å². The molecular formula is C14H20N2O. The van der Waals surface area contributed by atoms with Crippen LogP contribution in [-0.4, -0.2) is 18.1 Å². The molecule has 0 radical (unpaired) electrons. The zero-order valence-electron chi connectivity index (χ0n) is 10.7. The van der Waals surface area contributed by atoms with Crippen molar-refractivity contribution in [2.75, 3.05) is 0 Å². The minimum atomic E-state index is -0.110. The van der Waals surface area contributed by atoms with Gasteiger partial charge in [0.1, 0.15) is 0 Å². The van der Waals surface area contributed by atoms with Gasteiger partial charge in [-0.15, -0.1) is 0 Å². The first kappa shape index (κ1) is 12.1. The fourth-order valence-corrected chi connectivity index (χ4v) is 2.03. The molecule has 0 bridgehead atoms. The number of carbonyl (C=O) groups excluding carboxylic acids is 1. The van der Waals surface area contributed by atoms with Crippen molar-refractivity contribution in [2.24, 2.45) is 5.41 Å². The molecule has 1 aliphatic heterocycles. The molecule has 1 aromatic rings. The lowest BCUT2D eigenvalue weighted by Crippen LogP contribution is -2.44. The summed E-state index contributed by atoms with van der Waals surface area (Å²) >= 11 is 0. The molecule has 1 saturated heterocycles. The van der Waals surface area contributed by atoms with Crippen molar-refractivity contribution in [1.29, 1.82) is 0 Å². The Kier molecular flexibility index (Phi) is 3.20. The van der Waals surface area contributed by atoms with Crippen molar-refractivity contribution >= 4 is 5.91 Å². The van der Waals surface area contributed by atoms with Crippen LogP contribution in [0.4, 0.5) is 0 Å². The molecule has 1 amide bonds. The van der Waals surface area contributed by atoms with Crippen LogP contribution < -0.4 is 10.6 Å². The van der Waals surface area contributed by atoms with E-state index in [1.54, 1.807) is 0 Å². The summed E-state index contributed by atoms with van der Waals surface area (Å²) in [5.41, 5.74) is 1.23. The molecule has 1 fully saturated rings. The number of hydrogen-bond acceptors (Lipinski definition) is 2. The first-order valence-electron chi connectivity index (χ1n) is 6.07. The fraction of sp³-hybridized carbons (Fsp3) is 0.500. The summed E-state index contributed by atoms with van der Waals surface area (Å²) < 4.78 is 0. The molecule has 2 atom stereocenters. The third kappa shape index (κ3) is 2.86. The second-order valence-corrected chi connectivity index (χ2v) is 5.72. The SMILES string of the molecule is CC(C)(C)[C@H]1NC(=O)[C@@H](Cc2ccccc2)N1. The number of benzene rings is 1. The molecular weight excluding hydrogens is 212 g/mol. The molecule has 17 heavy (non-hydrogen) atoms. The molecule has 1 aromatic carbocycles. The highest BCUT2D eigenvalue weighted by molar-refractivity contribution is 5.84. The standard InChI is InChI=1S/C14H20N2O/c1-14(2,3)13-15-11(12(17)16-13)9-10-7-5-4-6-8-10/h4-8,11,13,15H,9H2,1-3H3,(H,16,17)/t11-,13-/m1/s1. The lowest BCUT2D eigenvalue weighted by molar-refractivity contribution is -0.120. The van der Waals surface area contributed by atoms with Gasteiger partial charge in [0.05, 0.1) is 12.2 Å². The molecule has 0 spiro atoms. The zero-order valence-corrected chi connectivity index (χ0v) is 10.7. The van der Waals surface area contributed by atoms with Crippen LogP contribution in [0.5, 0.6) is 0 Å². The van der Waals surface area contributed by atoms with Gasteiger partial charge in [-0.25, -0.2) is 0 Å². The van der Waals surface area contributed by atoms with Crippen LogP contribution in [0.25, 0.3) is 0 Å². The summed E-state index contributed by atoms with van der Waals surface area (Å²) in [6, 6.07) is 10.00. The van der Waals surface area contributed by atoms with Crippen molar-refractivity contribution in [3.05, 3.63) is 35.9 Å². The molecule has 0 saturated carbocycles. The average molecular weight is 232 g/mol. The van der Waals surface area contributed by atoms with E-state index in [9.17, 15) is 4.79 Å².